The smallest absolute Gasteiger partial charge is 0.159 e. The molecule has 0 atom stereocenters. The number of anilines is 3. The second-order valence-electron chi connectivity index (χ2n) is 22.4. The molecule has 0 unspecified atom stereocenters. The summed E-state index contributed by atoms with van der Waals surface area (Å²) in [6.45, 7) is 0. The molecule has 0 saturated heterocycles. The van der Waals surface area contributed by atoms with Gasteiger partial charge in [0, 0.05) is 91.6 Å². The van der Waals surface area contributed by atoms with Crippen LogP contribution in [0, 0.1) is 0 Å². The highest BCUT2D eigenvalue weighted by Crippen LogP contribution is 2.53. The second-order valence-corrected chi connectivity index (χ2v) is 23.4. The first-order chi connectivity index (χ1) is 41.7. The molecule has 0 saturated carbocycles. The van der Waals surface area contributed by atoms with Gasteiger partial charge in [0.1, 0.15) is 5.58 Å². The maximum Gasteiger partial charge on any atom is 0.159 e. The van der Waals surface area contributed by atoms with Gasteiger partial charge in [-0.05, 0) is 120 Å². The predicted octanol–water partition coefficient (Wildman–Crippen LogP) is 22.8. The first kappa shape index (κ1) is 45.8. The van der Waals surface area contributed by atoms with E-state index in [-0.39, 0.29) is 0 Å². The molecular formula is C79H45N3OS. The van der Waals surface area contributed by atoms with Gasteiger partial charge in [0.2, 0.25) is 0 Å². The number of aromatic nitrogens is 2. The molecule has 0 spiro atoms. The standard InChI is InChI=1S/C79H45N3OS/c1-2-19-50(20-3-1)81(69-32-15-31-63-57-25-12-13-33-70(57)83-77(63)69)75-53-21-5-4-17-48(53)43-66-52(29-14-30-62(66)75)49-37-41-68-67(44-49)73-76(82(68)51-38-36-46-34-35-47-18-16-42-80-74(47)65(46)45-51)61-28-11-10-27-59(61)72-64-40-39-60-56-24-7-6-22-54(56)55-23-8-9-26-58(55)71(60)78(64)84-79(72)73/h1-45H. The van der Waals surface area contributed by atoms with Gasteiger partial charge in [-0.25, -0.2) is 0 Å². The van der Waals surface area contributed by atoms with Crippen LogP contribution in [0.4, 0.5) is 17.1 Å². The molecule has 388 valence electrons. The van der Waals surface area contributed by atoms with Gasteiger partial charge in [0.15, 0.2) is 5.58 Å². The lowest BCUT2D eigenvalue weighted by atomic mass is 9.92. The number of para-hydroxylation sites is 3. The minimum Gasteiger partial charge on any atom is -0.454 e. The lowest BCUT2D eigenvalue weighted by Crippen LogP contribution is -2.11. The molecule has 0 amide bonds. The van der Waals surface area contributed by atoms with Gasteiger partial charge in [0.25, 0.3) is 0 Å². The van der Waals surface area contributed by atoms with E-state index in [1.807, 2.05) is 23.6 Å². The monoisotopic (exact) mass is 1080 g/mol. The van der Waals surface area contributed by atoms with Gasteiger partial charge in [-0.1, -0.05) is 206 Å². The number of rotatable bonds is 5. The zero-order chi connectivity index (χ0) is 54.7. The van der Waals surface area contributed by atoms with Crippen LogP contribution >= 0.6 is 11.3 Å². The third-order valence-corrected chi connectivity index (χ3v) is 19.3. The van der Waals surface area contributed by atoms with Crippen molar-refractivity contribution in [2.45, 2.75) is 0 Å². The Hall–Kier alpha value is -10.9. The van der Waals surface area contributed by atoms with E-state index in [1.54, 1.807) is 0 Å². The highest BCUT2D eigenvalue weighted by Gasteiger charge is 2.27. The molecule has 15 aromatic carbocycles. The summed E-state index contributed by atoms with van der Waals surface area (Å²) in [6.07, 6.45) is 1.91. The van der Waals surface area contributed by atoms with E-state index in [2.05, 4.69) is 270 Å². The van der Waals surface area contributed by atoms with E-state index in [0.717, 1.165) is 88.2 Å². The van der Waals surface area contributed by atoms with Gasteiger partial charge < -0.3 is 13.9 Å². The Kier molecular flexibility index (Phi) is 9.46. The number of fused-ring (bicyclic) bond motifs is 25. The van der Waals surface area contributed by atoms with Crippen molar-refractivity contribution in [3.8, 4) is 16.8 Å². The third-order valence-electron chi connectivity index (χ3n) is 18.1. The maximum absolute atomic E-state index is 6.86. The molecule has 19 rings (SSSR count). The number of hydrogen-bond acceptors (Lipinski definition) is 4. The van der Waals surface area contributed by atoms with E-state index >= 15 is 0 Å². The van der Waals surface area contributed by atoms with Crippen LogP contribution in [-0.2, 0) is 0 Å². The van der Waals surface area contributed by atoms with Crippen LogP contribution in [0.3, 0.4) is 0 Å². The quantitative estimate of drug-likeness (QED) is 0.127. The number of furan rings is 1. The lowest BCUT2D eigenvalue weighted by molar-refractivity contribution is 0.669. The molecule has 0 aliphatic rings. The molecule has 0 bridgehead atoms. The fourth-order valence-electron chi connectivity index (χ4n) is 14.5. The predicted molar refractivity (Wildman–Crippen MR) is 359 cm³/mol. The van der Waals surface area contributed by atoms with Crippen LogP contribution in [0.1, 0.15) is 0 Å². The number of nitrogens with zero attached hydrogens (tertiary/aromatic N) is 3. The molecule has 19 aromatic rings. The molecular weight excluding hydrogens is 1040 g/mol. The van der Waals surface area contributed by atoms with E-state index in [0.29, 0.717) is 0 Å². The van der Waals surface area contributed by atoms with Crippen LogP contribution in [0.5, 0.6) is 0 Å². The molecule has 0 N–H and O–H groups in total. The molecule has 4 aromatic heterocycles. The van der Waals surface area contributed by atoms with E-state index in [1.165, 1.54) is 95.9 Å². The van der Waals surface area contributed by atoms with Crippen LogP contribution in [0.2, 0.25) is 0 Å². The van der Waals surface area contributed by atoms with Crippen LogP contribution in [-0.4, -0.2) is 9.55 Å². The van der Waals surface area contributed by atoms with Crippen LogP contribution in [0.15, 0.2) is 278 Å². The zero-order valence-corrected chi connectivity index (χ0v) is 46.0. The molecule has 0 fully saturated rings. The fourth-order valence-corrected chi connectivity index (χ4v) is 16.0. The highest BCUT2D eigenvalue weighted by molar-refractivity contribution is 7.28. The van der Waals surface area contributed by atoms with E-state index in [9.17, 15) is 0 Å². The minimum absolute atomic E-state index is 0.854. The summed E-state index contributed by atoms with van der Waals surface area (Å²) in [5.41, 5.74) is 11.6. The number of hydrogen-bond donors (Lipinski definition) is 0. The van der Waals surface area contributed by atoms with Gasteiger partial charge >= 0.3 is 0 Å². The Morgan fingerprint density at radius 3 is 1.85 bits per heavy atom. The highest BCUT2D eigenvalue weighted by atomic mass is 32.1. The van der Waals surface area contributed by atoms with Crippen molar-refractivity contribution < 1.29 is 4.42 Å². The van der Waals surface area contributed by atoms with Gasteiger partial charge in [-0.3, -0.25) is 4.98 Å². The second kappa shape index (κ2) is 17.3. The normalized spacial score (nSPS) is 12.3. The Morgan fingerprint density at radius 2 is 1.00 bits per heavy atom. The lowest BCUT2D eigenvalue weighted by Gasteiger charge is -2.29. The summed E-state index contributed by atoms with van der Waals surface area (Å²) in [6, 6.07) is 98.5. The van der Waals surface area contributed by atoms with Crippen molar-refractivity contribution in [2.75, 3.05) is 4.90 Å². The minimum atomic E-state index is 0.854. The Morgan fingerprint density at radius 1 is 0.369 bits per heavy atom. The summed E-state index contributed by atoms with van der Waals surface area (Å²) in [5, 5.41) is 25.5. The van der Waals surface area contributed by atoms with Crippen molar-refractivity contribution in [1.29, 1.82) is 0 Å². The first-order valence-electron chi connectivity index (χ1n) is 28.8. The Balaban J connectivity index is 0.939. The summed E-state index contributed by atoms with van der Waals surface area (Å²) in [7, 11) is 0. The third kappa shape index (κ3) is 6.33. The van der Waals surface area contributed by atoms with Crippen molar-refractivity contribution >= 4 is 179 Å². The Labute approximate surface area is 484 Å². The van der Waals surface area contributed by atoms with Crippen LogP contribution in [0.25, 0.3) is 167 Å². The number of pyridine rings is 1. The largest absolute Gasteiger partial charge is 0.454 e. The summed E-state index contributed by atoms with van der Waals surface area (Å²) >= 11 is 1.96. The average molecular weight is 1080 g/mol. The van der Waals surface area contributed by atoms with Gasteiger partial charge in [0.05, 0.1) is 27.9 Å². The topological polar surface area (TPSA) is 34.2 Å². The van der Waals surface area contributed by atoms with E-state index in [4.69, 9.17) is 9.40 Å². The van der Waals surface area contributed by atoms with Gasteiger partial charge in [-0.15, -0.1) is 11.3 Å². The maximum atomic E-state index is 6.86. The van der Waals surface area contributed by atoms with Crippen molar-refractivity contribution in [3.05, 3.63) is 273 Å². The zero-order valence-electron chi connectivity index (χ0n) is 45.1. The SMILES string of the molecule is c1ccc(N(c2c3ccccc3cc3c(-c4ccc5c(c4)c4c6sc7c(ccc8c9ccccc9c9ccccc9c87)c6c6ccccc6c4n5-c4ccc5ccc6cccnc6c5c4)cccc23)c2cccc3c2oc2ccccc23)cc1. The molecule has 0 aliphatic heterocycles. The molecule has 0 aliphatic carbocycles. The molecule has 0 radical (unpaired) electrons. The summed E-state index contributed by atoms with van der Waals surface area (Å²) in [4.78, 5) is 7.41. The van der Waals surface area contributed by atoms with Crippen molar-refractivity contribution in [1.82, 2.24) is 9.55 Å². The number of thiophene rings is 1. The van der Waals surface area contributed by atoms with Crippen molar-refractivity contribution in [2.24, 2.45) is 0 Å². The molecule has 4 heterocycles. The van der Waals surface area contributed by atoms with E-state index < -0.39 is 0 Å². The summed E-state index contributed by atoms with van der Waals surface area (Å²) < 4.78 is 12.0. The first-order valence-corrected chi connectivity index (χ1v) is 29.6. The fraction of sp³-hybridized carbons (Fsp3) is 0. The van der Waals surface area contributed by atoms with Crippen molar-refractivity contribution in [3.63, 3.8) is 0 Å². The Bertz CT molecular complexity index is 6030. The molecule has 4 nitrogen and oxygen atoms in total. The van der Waals surface area contributed by atoms with Gasteiger partial charge in [-0.2, -0.15) is 0 Å². The average Bonchev–Trinajstić information content (AvgIpc) is 1.67. The van der Waals surface area contributed by atoms with Crippen LogP contribution < -0.4 is 4.90 Å². The molecule has 5 heteroatoms. The number of benzene rings is 15. The molecule has 84 heavy (non-hydrogen) atoms. The summed E-state index contributed by atoms with van der Waals surface area (Å²) in [5.74, 6) is 0.